The number of nitrogens with one attached hydrogen (secondary N) is 1. The molecular formula is C14H16Cl2N2O2S. The fourth-order valence-electron chi connectivity index (χ4n) is 2.21. The molecule has 7 heteroatoms. The number of rotatable bonds is 3. The molecule has 0 spiro atoms. The van der Waals surface area contributed by atoms with Gasteiger partial charge < -0.3 is 10.4 Å². The highest BCUT2D eigenvalue weighted by Crippen LogP contribution is 2.26. The van der Waals surface area contributed by atoms with E-state index < -0.39 is 0 Å². The SMILES string of the molecule is Cl.Cl.O=C(c1ccc(O)cc1)c1csc([C@@H]2CCCN2)n1. The minimum atomic E-state index is -0.0968. The number of phenols is 1. The molecular weight excluding hydrogens is 331 g/mol. The maximum absolute atomic E-state index is 12.2. The van der Waals surface area contributed by atoms with Crippen molar-refractivity contribution in [2.24, 2.45) is 0 Å². The molecule has 1 saturated heterocycles. The van der Waals surface area contributed by atoms with Crippen LogP contribution in [0.1, 0.15) is 39.9 Å². The molecule has 1 aromatic carbocycles. The number of hydrogen-bond acceptors (Lipinski definition) is 5. The van der Waals surface area contributed by atoms with Crippen molar-refractivity contribution in [3.05, 3.63) is 45.9 Å². The molecule has 2 heterocycles. The quantitative estimate of drug-likeness (QED) is 0.836. The molecule has 1 atom stereocenters. The van der Waals surface area contributed by atoms with E-state index in [1.165, 1.54) is 23.5 Å². The van der Waals surface area contributed by atoms with Crippen molar-refractivity contribution in [3.8, 4) is 5.75 Å². The van der Waals surface area contributed by atoms with Gasteiger partial charge in [0.2, 0.25) is 5.78 Å². The lowest BCUT2D eigenvalue weighted by atomic mass is 10.1. The summed E-state index contributed by atoms with van der Waals surface area (Å²) in [5.41, 5.74) is 1.04. The predicted octanol–water partition coefficient (Wildman–Crippen LogP) is 3.35. The zero-order valence-corrected chi connectivity index (χ0v) is 13.6. The fourth-order valence-corrected chi connectivity index (χ4v) is 3.12. The molecule has 0 aliphatic carbocycles. The number of nitrogens with zero attached hydrogens (tertiary/aromatic N) is 1. The van der Waals surface area contributed by atoms with E-state index in [-0.39, 0.29) is 36.3 Å². The van der Waals surface area contributed by atoms with Crippen molar-refractivity contribution in [1.29, 1.82) is 0 Å². The highest BCUT2D eigenvalue weighted by molar-refractivity contribution is 7.10. The van der Waals surface area contributed by atoms with Gasteiger partial charge in [0.25, 0.3) is 0 Å². The Morgan fingerprint density at radius 1 is 1.29 bits per heavy atom. The number of carbonyl (C=O) groups excluding carboxylic acids is 1. The van der Waals surface area contributed by atoms with Gasteiger partial charge in [-0.1, -0.05) is 0 Å². The van der Waals surface area contributed by atoms with Gasteiger partial charge in [-0.2, -0.15) is 0 Å². The van der Waals surface area contributed by atoms with E-state index >= 15 is 0 Å². The highest BCUT2D eigenvalue weighted by Gasteiger charge is 2.21. The average molecular weight is 347 g/mol. The Morgan fingerprint density at radius 2 is 2.00 bits per heavy atom. The van der Waals surface area contributed by atoms with Crippen LogP contribution in [-0.4, -0.2) is 22.4 Å². The summed E-state index contributed by atoms with van der Waals surface area (Å²) >= 11 is 1.53. The van der Waals surface area contributed by atoms with Gasteiger partial charge in [0.15, 0.2) is 0 Å². The van der Waals surface area contributed by atoms with Crippen molar-refractivity contribution >= 4 is 41.9 Å². The van der Waals surface area contributed by atoms with Crippen LogP contribution in [0.25, 0.3) is 0 Å². The standard InChI is InChI=1S/C14H14N2O2S.2ClH/c17-10-5-3-9(4-6-10)13(18)12-8-19-14(16-12)11-2-1-7-15-11;;/h3-6,8,11,15,17H,1-2,7H2;2*1H/t11-;;/m0../s1. The van der Waals surface area contributed by atoms with Gasteiger partial charge in [0.1, 0.15) is 16.5 Å². The molecule has 2 aromatic rings. The lowest BCUT2D eigenvalue weighted by Crippen LogP contribution is -2.13. The Bertz CT molecular complexity index is 595. The summed E-state index contributed by atoms with van der Waals surface area (Å²) in [6.45, 7) is 1.02. The van der Waals surface area contributed by atoms with Crippen molar-refractivity contribution < 1.29 is 9.90 Å². The second-order valence-corrected chi connectivity index (χ2v) is 5.49. The second-order valence-electron chi connectivity index (χ2n) is 4.60. The first kappa shape index (κ1) is 17.9. The number of aromatic nitrogens is 1. The van der Waals surface area contributed by atoms with E-state index in [0.717, 1.165) is 24.4 Å². The van der Waals surface area contributed by atoms with Crippen molar-refractivity contribution in [3.63, 3.8) is 0 Å². The summed E-state index contributed by atoms with van der Waals surface area (Å²) in [5, 5.41) is 15.4. The molecule has 0 bridgehead atoms. The molecule has 1 fully saturated rings. The Kier molecular flexibility index (Phi) is 6.61. The van der Waals surface area contributed by atoms with Gasteiger partial charge in [0, 0.05) is 10.9 Å². The molecule has 0 saturated carbocycles. The molecule has 114 valence electrons. The molecule has 0 radical (unpaired) electrons. The monoisotopic (exact) mass is 346 g/mol. The van der Waals surface area contributed by atoms with E-state index in [9.17, 15) is 9.90 Å². The van der Waals surface area contributed by atoms with Crippen LogP contribution in [0.5, 0.6) is 5.75 Å². The van der Waals surface area contributed by atoms with Crippen LogP contribution in [0, 0.1) is 0 Å². The molecule has 0 amide bonds. The number of thiazole rings is 1. The number of hydrogen-bond donors (Lipinski definition) is 2. The minimum Gasteiger partial charge on any atom is -0.508 e. The van der Waals surface area contributed by atoms with Crippen LogP contribution in [0.2, 0.25) is 0 Å². The molecule has 4 nitrogen and oxygen atoms in total. The molecule has 1 aliphatic heterocycles. The van der Waals surface area contributed by atoms with Crippen LogP contribution >= 0.6 is 36.2 Å². The van der Waals surface area contributed by atoms with E-state index in [1.54, 1.807) is 12.1 Å². The first-order valence-electron chi connectivity index (χ1n) is 6.26. The summed E-state index contributed by atoms with van der Waals surface area (Å²) in [5.74, 6) is 0.0613. The number of benzene rings is 1. The molecule has 21 heavy (non-hydrogen) atoms. The van der Waals surface area contributed by atoms with Gasteiger partial charge in [-0.15, -0.1) is 36.2 Å². The number of carbonyl (C=O) groups is 1. The van der Waals surface area contributed by atoms with Crippen LogP contribution < -0.4 is 5.32 Å². The summed E-state index contributed by atoms with van der Waals surface area (Å²) in [6.07, 6.45) is 2.24. The molecule has 3 rings (SSSR count). The van der Waals surface area contributed by atoms with Crippen LogP contribution in [0.4, 0.5) is 0 Å². The summed E-state index contributed by atoms with van der Waals surface area (Å²) < 4.78 is 0. The Balaban J connectivity index is 0.00000110. The van der Waals surface area contributed by atoms with Gasteiger partial charge in [-0.3, -0.25) is 4.79 Å². The van der Waals surface area contributed by atoms with E-state index in [4.69, 9.17) is 0 Å². The Hall–Kier alpha value is -1.14. The van der Waals surface area contributed by atoms with Crippen molar-refractivity contribution in [1.82, 2.24) is 10.3 Å². The third-order valence-electron chi connectivity index (χ3n) is 3.24. The first-order valence-corrected chi connectivity index (χ1v) is 7.14. The first-order chi connectivity index (χ1) is 9.24. The average Bonchev–Trinajstić information content (AvgIpc) is 3.10. The molecule has 1 aromatic heterocycles. The molecule has 1 aliphatic rings. The van der Waals surface area contributed by atoms with E-state index in [0.29, 0.717) is 17.3 Å². The third kappa shape index (κ3) is 3.95. The number of aromatic hydroxyl groups is 1. The van der Waals surface area contributed by atoms with E-state index in [2.05, 4.69) is 10.3 Å². The van der Waals surface area contributed by atoms with Gasteiger partial charge in [-0.05, 0) is 43.7 Å². The van der Waals surface area contributed by atoms with Gasteiger partial charge in [0.05, 0.1) is 6.04 Å². The zero-order valence-electron chi connectivity index (χ0n) is 11.1. The maximum Gasteiger partial charge on any atom is 0.212 e. The van der Waals surface area contributed by atoms with Gasteiger partial charge >= 0.3 is 0 Å². The predicted molar refractivity (Wildman–Crippen MR) is 88.1 cm³/mol. The minimum absolute atomic E-state index is 0. The lowest BCUT2D eigenvalue weighted by Gasteiger charge is -2.04. The fraction of sp³-hybridized carbons (Fsp3) is 0.286. The summed E-state index contributed by atoms with van der Waals surface area (Å²) in [4.78, 5) is 16.7. The number of halogens is 2. The number of ketones is 1. The normalized spacial score (nSPS) is 16.9. The smallest absolute Gasteiger partial charge is 0.212 e. The highest BCUT2D eigenvalue weighted by atomic mass is 35.5. The largest absolute Gasteiger partial charge is 0.508 e. The van der Waals surface area contributed by atoms with E-state index in [1.807, 2.05) is 5.38 Å². The number of phenolic OH excluding ortho intramolecular Hbond substituents is 1. The van der Waals surface area contributed by atoms with Gasteiger partial charge in [-0.25, -0.2) is 4.98 Å². The zero-order chi connectivity index (χ0) is 13.2. The van der Waals surface area contributed by atoms with Crippen LogP contribution in [0.15, 0.2) is 29.6 Å². The third-order valence-corrected chi connectivity index (χ3v) is 4.20. The lowest BCUT2D eigenvalue weighted by molar-refractivity contribution is 0.103. The topological polar surface area (TPSA) is 62.2 Å². The van der Waals surface area contributed by atoms with Crippen LogP contribution in [-0.2, 0) is 0 Å². The molecule has 0 unspecified atom stereocenters. The van der Waals surface area contributed by atoms with Crippen LogP contribution in [0.3, 0.4) is 0 Å². The van der Waals surface area contributed by atoms with Crippen molar-refractivity contribution in [2.75, 3.05) is 6.54 Å². The summed E-state index contributed by atoms with van der Waals surface area (Å²) in [6, 6.07) is 6.55. The second kappa shape index (κ2) is 7.75. The van der Waals surface area contributed by atoms with Crippen molar-refractivity contribution in [2.45, 2.75) is 18.9 Å². The Morgan fingerprint density at radius 3 is 2.62 bits per heavy atom. The molecule has 2 N–H and O–H groups in total. The maximum atomic E-state index is 12.2. The summed E-state index contributed by atoms with van der Waals surface area (Å²) in [7, 11) is 0. The Labute approximate surface area is 139 Å².